The lowest BCUT2D eigenvalue weighted by Crippen LogP contribution is -2.53. The van der Waals surface area contributed by atoms with Crippen molar-refractivity contribution in [3.63, 3.8) is 0 Å². The molecule has 0 aliphatic rings. The van der Waals surface area contributed by atoms with E-state index in [1.54, 1.807) is 12.1 Å². The zero-order chi connectivity index (χ0) is 10.7. The van der Waals surface area contributed by atoms with Gasteiger partial charge in [-0.2, -0.15) is 0 Å². The zero-order valence-electron chi connectivity index (χ0n) is 8.43. The molecule has 0 fully saturated rings. The Morgan fingerprint density at radius 3 is 1.93 bits per heavy atom. The molecule has 0 bridgehead atoms. The Kier molecular flexibility index (Phi) is 2.70. The zero-order valence-corrected chi connectivity index (χ0v) is 8.43. The van der Waals surface area contributed by atoms with E-state index in [-0.39, 0.29) is 6.04 Å². The Labute approximate surface area is 89.0 Å². The highest BCUT2D eigenvalue weighted by Crippen LogP contribution is 2.19. The molecular formula is C13H14NO+. The molecule has 0 radical (unpaired) electrons. The highest BCUT2D eigenvalue weighted by Gasteiger charge is 2.11. The molecule has 0 saturated heterocycles. The first-order valence-electron chi connectivity index (χ1n) is 4.94. The number of phenolic OH excluding ortho intramolecular Hbond substituents is 1. The molecule has 0 aliphatic heterocycles. The van der Waals surface area contributed by atoms with Gasteiger partial charge in [-0.3, -0.25) is 0 Å². The first kappa shape index (κ1) is 9.74. The van der Waals surface area contributed by atoms with Crippen LogP contribution in [0.4, 0.5) is 0 Å². The van der Waals surface area contributed by atoms with Crippen LogP contribution in [0.15, 0.2) is 54.6 Å². The molecule has 76 valence electrons. The van der Waals surface area contributed by atoms with Crippen LogP contribution >= 0.6 is 0 Å². The van der Waals surface area contributed by atoms with Gasteiger partial charge in [0.2, 0.25) is 0 Å². The summed E-state index contributed by atoms with van der Waals surface area (Å²) in [6.45, 7) is 0. The molecule has 15 heavy (non-hydrogen) atoms. The van der Waals surface area contributed by atoms with Crippen LogP contribution in [0.2, 0.25) is 0 Å². The van der Waals surface area contributed by atoms with Crippen molar-refractivity contribution in [3.05, 3.63) is 65.7 Å². The molecular weight excluding hydrogens is 186 g/mol. The molecule has 0 spiro atoms. The topological polar surface area (TPSA) is 47.9 Å². The van der Waals surface area contributed by atoms with E-state index < -0.39 is 0 Å². The number of quaternary nitrogens is 1. The molecule has 0 saturated carbocycles. The standard InChI is InChI=1S/C13H13NO/c14-13(10-4-2-1-3-5-10)11-6-8-12(15)9-7-11/h1-9,13,15H,14H2/p+1/t13-/m0/s1. The van der Waals surface area contributed by atoms with Crippen LogP contribution in [-0.4, -0.2) is 5.11 Å². The van der Waals surface area contributed by atoms with E-state index in [2.05, 4.69) is 17.9 Å². The van der Waals surface area contributed by atoms with E-state index in [9.17, 15) is 5.11 Å². The SMILES string of the molecule is [NH3+][C@@H](c1ccccc1)c1ccc(O)cc1. The average Bonchev–Trinajstić information content (AvgIpc) is 2.30. The monoisotopic (exact) mass is 200 g/mol. The lowest BCUT2D eigenvalue weighted by molar-refractivity contribution is -0.411. The van der Waals surface area contributed by atoms with Crippen molar-refractivity contribution in [2.45, 2.75) is 6.04 Å². The first-order valence-corrected chi connectivity index (χ1v) is 4.94. The molecule has 2 aromatic carbocycles. The second-order valence-electron chi connectivity index (χ2n) is 3.55. The van der Waals surface area contributed by atoms with Gasteiger partial charge in [-0.15, -0.1) is 0 Å². The molecule has 2 nitrogen and oxygen atoms in total. The summed E-state index contributed by atoms with van der Waals surface area (Å²) in [5, 5.41) is 9.19. The fourth-order valence-corrected chi connectivity index (χ4v) is 1.58. The number of phenols is 1. The minimum atomic E-state index is 0.117. The van der Waals surface area contributed by atoms with Gasteiger partial charge in [-0.25, -0.2) is 0 Å². The van der Waals surface area contributed by atoms with Gasteiger partial charge in [-0.1, -0.05) is 30.3 Å². The summed E-state index contributed by atoms with van der Waals surface area (Å²) in [5.41, 5.74) is 6.42. The molecule has 1 atom stereocenters. The van der Waals surface area contributed by atoms with Crippen LogP contribution in [0.5, 0.6) is 5.75 Å². The van der Waals surface area contributed by atoms with Crippen LogP contribution < -0.4 is 5.73 Å². The number of rotatable bonds is 2. The second-order valence-corrected chi connectivity index (χ2v) is 3.55. The Balaban J connectivity index is 2.29. The number of hydrogen-bond donors (Lipinski definition) is 2. The predicted molar refractivity (Wildman–Crippen MR) is 59.3 cm³/mol. The molecule has 0 aromatic heterocycles. The largest absolute Gasteiger partial charge is 0.508 e. The molecule has 0 amide bonds. The molecule has 2 heteroatoms. The second kappa shape index (κ2) is 4.15. The quantitative estimate of drug-likeness (QED) is 0.762. The van der Waals surface area contributed by atoms with Crippen LogP contribution in [-0.2, 0) is 0 Å². The summed E-state index contributed by atoms with van der Waals surface area (Å²) in [4.78, 5) is 0. The first-order chi connectivity index (χ1) is 7.27. The minimum absolute atomic E-state index is 0.117. The third-order valence-electron chi connectivity index (χ3n) is 2.50. The van der Waals surface area contributed by atoms with Crippen LogP contribution in [0, 0.1) is 0 Å². The van der Waals surface area contributed by atoms with Gasteiger partial charge in [0.15, 0.2) is 0 Å². The highest BCUT2D eigenvalue weighted by molar-refractivity contribution is 5.32. The number of benzene rings is 2. The van der Waals surface area contributed by atoms with E-state index in [0.29, 0.717) is 5.75 Å². The van der Waals surface area contributed by atoms with Gasteiger partial charge in [0.1, 0.15) is 11.8 Å². The summed E-state index contributed by atoms with van der Waals surface area (Å²) >= 11 is 0. The van der Waals surface area contributed by atoms with Crippen molar-refractivity contribution in [2.24, 2.45) is 0 Å². The summed E-state index contributed by atoms with van der Waals surface area (Å²) in [6.07, 6.45) is 0. The van der Waals surface area contributed by atoms with Gasteiger partial charge >= 0.3 is 0 Å². The maximum Gasteiger partial charge on any atom is 0.136 e. The Morgan fingerprint density at radius 1 is 0.800 bits per heavy atom. The van der Waals surface area contributed by atoms with E-state index >= 15 is 0 Å². The van der Waals surface area contributed by atoms with Crippen LogP contribution in [0.25, 0.3) is 0 Å². The van der Waals surface area contributed by atoms with Crippen molar-refractivity contribution in [1.29, 1.82) is 0 Å². The van der Waals surface area contributed by atoms with Crippen molar-refractivity contribution >= 4 is 0 Å². The molecule has 2 rings (SSSR count). The Morgan fingerprint density at radius 2 is 1.33 bits per heavy atom. The third kappa shape index (κ3) is 2.17. The molecule has 4 N–H and O–H groups in total. The van der Waals surface area contributed by atoms with Gasteiger partial charge in [0.05, 0.1) is 0 Å². The van der Waals surface area contributed by atoms with Crippen molar-refractivity contribution in [3.8, 4) is 5.75 Å². The normalized spacial score (nSPS) is 12.3. The van der Waals surface area contributed by atoms with Gasteiger partial charge in [0.25, 0.3) is 0 Å². The van der Waals surface area contributed by atoms with Crippen molar-refractivity contribution in [2.75, 3.05) is 0 Å². The van der Waals surface area contributed by atoms with Crippen molar-refractivity contribution < 1.29 is 10.8 Å². The smallest absolute Gasteiger partial charge is 0.136 e. The molecule has 0 unspecified atom stereocenters. The highest BCUT2D eigenvalue weighted by atomic mass is 16.3. The van der Waals surface area contributed by atoms with E-state index in [1.165, 1.54) is 5.56 Å². The fourth-order valence-electron chi connectivity index (χ4n) is 1.58. The lowest BCUT2D eigenvalue weighted by Gasteiger charge is -2.08. The molecule has 0 aliphatic carbocycles. The van der Waals surface area contributed by atoms with E-state index in [1.807, 2.05) is 30.3 Å². The predicted octanol–water partition coefficient (Wildman–Crippen LogP) is 1.72. The van der Waals surface area contributed by atoms with Gasteiger partial charge < -0.3 is 10.8 Å². The lowest BCUT2D eigenvalue weighted by atomic mass is 10.00. The third-order valence-corrected chi connectivity index (χ3v) is 2.50. The average molecular weight is 200 g/mol. The Bertz CT molecular complexity index is 422. The van der Waals surface area contributed by atoms with Crippen LogP contribution in [0.1, 0.15) is 17.2 Å². The maximum atomic E-state index is 9.19. The van der Waals surface area contributed by atoms with E-state index in [0.717, 1.165) is 5.56 Å². The van der Waals surface area contributed by atoms with Crippen molar-refractivity contribution in [1.82, 2.24) is 0 Å². The molecule has 0 heterocycles. The van der Waals surface area contributed by atoms with Gasteiger partial charge in [0, 0.05) is 11.1 Å². The van der Waals surface area contributed by atoms with Gasteiger partial charge in [-0.05, 0) is 24.3 Å². The maximum absolute atomic E-state index is 9.19. The van der Waals surface area contributed by atoms with E-state index in [4.69, 9.17) is 0 Å². The number of aromatic hydroxyl groups is 1. The summed E-state index contributed by atoms with van der Waals surface area (Å²) in [5.74, 6) is 0.291. The molecule has 2 aromatic rings. The van der Waals surface area contributed by atoms with Crippen LogP contribution in [0.3, 0.4) is 0 Å². The Hall–Kier alpha value is -1.80. The number of hydrogen-bond acceptors (Lipinski definition) is 1. The summed E-state index contributed by atoms with van der Waals surface area (Å²) in [6, 6.07) is 17.4. The summed E-state index contributed by atoms with van der Waals surface area (Å²) < 4.78 is 0. The minimum Gasteiger partial charge on any atom is -0.508 e. The summed E-state index contributed by atoms with van der Waals surface area (Å²) in [7, 11) is 0. The fraction of sp³-hybridized carbons (Fsp3) is 0.0769.